The van der Waals surface area contributed by atoms with Gasteiger partial charge in [0.05, 0.1) is 10.6 Å². The zero-order valence-electron chi connectivity index (χ0n) is 22.1. The van der Waals surface area contributed by atoms with Crippen LogP contribution in [0.3, 0.4) is 0 Å². The summed E-state index contributed by atoms with van der Waals surface area (Å²) in [5.74, 6) is -0.304. The Bertz CT molecular complexity index is 1460. The second-order valence-corrected chi connectivity index (χ2v) is 12.6. The Balaban J connectivity index is 1.32. The Morgan fingerprint density at radius 2 is 1.74 bits per heavy atom. The van der Waals surface area contributed by atoms with Crippen molar-refractivity contribution in [2.75, 3.05) is 10.8 Å². The molecule has 0 radical (unpaired) electrons. The first kappa shape index (κ1) is 27.5. The van der Waals surface area contributed by atoms with Gasteiger partial charge in [0.2, 0.25) is 11.8 Å². The first-order chi connectivity index (χ1) is 18.8. The van der Waals surface area contributed by atoms with E-state index in [1.165, 1.54) is 4.31 Å². The smallest absolute Gasteiger partial charge is 0.265 e. The lowest BCUT2D eigenvalue weighted by molar-refractivity contribution is -0.141. The summed E-state index contributed by atoms with van der Waals surface area (Å²) in [6.07, 6.45) is 5.08. The van der Waals surface area contributed by atoms with Crippen LogP contribution in [-0.4, -0.2) is 43.8 Å². The average molecular weight is 568 g/mol. The van der Waals surface area contributed by atoms with Crippen LogP contribution in [0.1, 0.15) is 57.4 Å². The average Bonchev–Trinajstić information content (AvgIpc) is 3.51. The number of anilines is 1. The molecule has 1 saturated carbocycles. The predicted molar refractivity (Wildman–Crippen MR) is 154 cm³/mol. The molecule has 1 aliphatic heterocycles. The molecular formula is C30H34ClN3O4S. The van der Waals surface area contributed by atoms with Crippen molar-refractivity contribution in [3.8, 4) is 0 Å². The number of sulfonamides is 1. The quantitative estimate of drug-likeness (QED) is 0.343. The molecule has 0 spiro atoms. The number of amides is 2. The molecular weight excluding hydrogens is 534 g/mol. The topological polar surface area (TPSA) is 86.8 Å². The van der Waals surface area contributed by atoms with E-state index in [1.54, 1.807) is 29.2 Å². The molecule has 206 valence electrons. The Morgan fingerprint density at radius 3 is 2.44 bits per heavy atom. The third kappa shape index (κ3) is 5.63. The van der Waals surface area contributed by atoms with Crippen LogP contribution in [0.25, 0.3) is 10.8 Å². The van der Waals surface area contributed by atoms with Gasteiger partial charge in [0.1, 0.15) is 6.04 Å². The van der Waals surface area contributed by atoms with E-state index >= 15 is 0 Å². The highest BCUT2D eigenvalue weighted by atomic mass is 35.5. The first-order valence-corrected chi connectivity index (χ1v) is 15.5. The molecule has 1 aliphatic carbocycles. The number of hydrogen-bond acceptors (Lipinski definition) is 4. The molecule has 2 aliphatic rings. The van der Waals surface area contributed by atoms with E-state index in [0.717, 1.165) is 42.0 Å². The van der Waals surface area contributed by atoms with Gasteiger partial charge >= 0.3 is 0 Å². The zero-order chi connectivity index (χ0) is 27.6. The van der Waals surface area contributed by atoms with Crippen LogP contribution in [-0.2, 0) is 26.2 Å². The maximum atomic E-state index is 13.7. The third-order valence-electron chi connectivity index (χ3n) is 7.79. The molecule has 1 fully saturated rings. The van der Waals surface area contributed by atoms with E-state index in [2.05, 4.69) is 5.32 Å². The van der Waals surface area contributed by atoms with Gasteiger partial charge < -0.3 is 10.2 Å². The van der Waals surface area contributed by atoms with Gasteiger partial charge in [-0.1, -0.05) is 67.8 Å². The zero-order valence-corrected chi connectivity index (χ0v) is 23.7. The number of benzene rings is 3. The van der Waals surface area contributed by atoms with Gasteiger partial charge in [-0.3, -0.25) is 13.9 Å². The Morgan fingerprint density at radius 1 is 1.05 bits per heavy atom. The standard InChI is InChI=1S/C30H34ClN3O4S/c1-2-25(30(36)32-24-10-3-4-11-24)33(20-21-15-17-23(31)18-16-21)28(35)14-7-19-34-26-12-5-8-22-9-6-13-27(29(22)26)39(34,37)38/h5-6,8-9,12-13,15-18,24-25H,2-4,7,10-11,14,19-20H2,1H3,(H,32,36)/t25-/m0/s1. The molecule has 0 aromatic heterocycles. The number of carbonyl (C=O) groups excluding carboxylic acids is 2. The highest BCUT2D eigenvalue weighted by Crippen LogP contribution is 2.42. The van der Waals surface area contributed by atoms with Crippen molar-refractivity contribution < 1.29 is 18.0 Å². The largest absolute Gasteiger partial charge is 0.352 e. The van der Waals surface area contributed by atoms with Crippen LogP contribution < -0.4 is 9.62 Å². The fourth-order valence-electron chi connectivity index (χ4n) is 5.79. The van der Waals surface area contributed by atoms with Crippen molar-refractivity contribution in [3.05, 3.63) is 71.2 Å². The summed E-state index contributed by atoms with van der Waals surface area (Å²) in [7, 11) is -3.69. The fraction of sp³-hybridized carbons (Fsp3) is 0.400. The number of rotatable bonds is 10. The Hall–Kier alpha value is -3.10. The Kier molecular flexibility index (Phi) is 8.14. The molecule has 2 amide bonds. The van der Waals surface area contributed by atoms with Gasteiger partial charge in [0.25, 0.3) is 10.0 Å². The van der Waals surface area contributed by atoms with Crippen LogP contribution in [0, 0.1) is 0 Å². The summed E-state index contributed by atoms with van der Waals surface area (Å²) >= 11 is 6.06. The normalized spacial score (nSPS) is 16.9. The monoisotopic (exact) mass is 567 g/mol. The Labute approximate surface area is 235 Å². The number of carbonyl (C=O) groups is 2. The number of hydrogen-bond donors (Lipinski definition) is 1. The van der Waals surface area contributed by atoms with E-state index in [0.29, 0.717) is 28.4 Å². The second-order valence-electron chi connectivity index (χ2n) is 10.4. The van der Waals surface area contributed by atoms with Crippen molar-refractivity contribution in [3.63, 3.8) is 0 Å². The summed E-state index contributed by atoms with van der Waals surface area (Å²) in [5.41, 5.74) is 1.53. The van der Waals surface area contributed by atoms with Gasteiger partial charge in [0.15, 0.2) is 0 Å². The number of nitrogens with one attached hydrogen (secondary N) is 1. The maximum absolute atomic E-state index is 13.7. The lowest BCUT2D eigenvalue weighted by Crippen LogP contribution is -2.51. The number of nitrogens with zero attached hydrogens (tertiary/aromatic N) is 2. The van der Waals surface area contributed by atoms with Crippen LogP contribution in [0.5, 0.6) is 0 Å². The molecule has 7 nitrogen and oxygen atoms in total. The van der Waals surface area contributed by atoms with Crippen LogP contribution in [0.2, 0.25) is 5.02 Å². The highest BCUT2D eigenvalue weighted by Gasteiger charge is 2.36. The molecule has 1 heterocycles. The van der Waals surface area contributed by atoms with E-state index in [4.69, 9.17) is 11.6 Å². The molecule has 0 bridgehead atoms. The van der Waals surface area contributed by atoms with Crippen LogP contribution >= 0.6 is 11.6 Å². The number of halogens is 1. The molecule has 1 atom stereocenters. The summed E-state index contributed by atoms with van der Waals surface area (Å²) in [6, 6.07) is 17.7. The molecule has 1 N–H and O–H groups in total. The second kappa shape index (κ2) is 11.6. The van der Waals surface area contributed by atoms with Gasteiger partial charge in [-0.05, 0) is 60.9 Å². The minimum absolute atomic E-state index is 0.124. The summed E-state index contributed by atoms with van der Waals surface area (Å²) in [4.78, 5) is 28.9. The molecule has 0 unspecified atom stereocenters. The minimum atomic E-state index is -3.69. The molecule has 3 aromatic rings. The molecule has 39 heavy (non-hydrogen) atoms. The van der Waals surface area contributed by atoms with E-state index < -0.39 is 16.1 Å². The van der Waals surface area contributed by atoms with Gasteiger partial charge in [0, 0.05) is 36.0 Å². The van der Waals surface area contributed by atoms with Gasteiger partial charge in [-0.2, -0.15) is 0 Å². The fourth-order valence-corrected chi connectivity index (χ4v) is 7.66. The van der Waals surface area contributed by atoms with E-state index in [-0.39, 0.29) is 37.4 Å². The minimum Gasteiger partial charge on any atom is -0.352 e. The van der Waals surface area contributed by atoms with Crippen molar-refractivity contribution >= 4 is 49.9 Å². The molecule has 9 heteroatoms. The van der Waals surface area contributed by atoms with Gasteiger partial charge in [-0.25, -0.2) is 8.42 Å². The van der Waals surface area contributed by atoms with Crippen molar-refractivity contribution in [2.24, 2.45) is 0 Å². The van der Waals surface area contributed by atoms with E-state index in [9.17, 15) is 18.0 Å². The third-order valence-corrected chi connectivity index (χ3v) is 9.89. The van der Waals surface area contributed by atoms with Crippen molar-refractivity contribution in [1.82, 2.24) is 10.2 Å². The molecule has 5 rings (SSSR count). The summed E-state index contributed by atoms with van der Waals surface area (Å²) in [5, 5.41) is 5.36. The SMILES string of the molecule is CC[C@@H](C(=O)NC1CCCC1)N(Cc1ccc(Cl)cc1)C(=O)CCCN1c2cccc3cccc(c23)S1(=O)=O. The highest BCUT2D eigenvalue weighted by molar-refractivity contribution is 7.93. The van der Waals surface area contributed by atoms with Crippen LogP contribution in [0.15, 0.2) is 65.6 Å². The molecule has 3 aromatic carbocycles. The predicted octanol–water partition coefficient (Wildman–Crippen LogP) is 5.65. The van der Waals surface area contributed by atoms with Crippen molar-refractivity contribution in [1.29, 1.82) is 0 Å². The lowest BCUT2D eigenvalue weighted by Gasteiger charge is -2.32. The van der Waals surface area contributed by atoms with E-state index in [1.807, 2.05) is 43.3 Å². The van der Waals surface area contributed by atoms with Crippen LogP contribution in [0.4, 0.5) is 5.69 Å². The summed E-state index contributed by atoms with van der Waals surface area (Å²) < 4.78 is 28.0. The van der Waals surface area contributed by atoms with Gasteiger partial charge in [-0.15, -0.1) is 0 Å². The molecule has 0 saturated heterocycles. The lowest BCUT2D eigenvalue weighted by atomic mass is 10.1. The maximum Gasteiger partial charge on any atom is 0.265 e. The summed E-state index contributed by atoms with van der Waals surface area (Å²) in [6.45, 7) is 2.37. The van der Waals surface area contributed by atoms with Crippen molar-refractivity contribution in [2.45, 2.75) is 75.4 Å². The first-order valence-electron chi connectivity index (χ1n) is 13.7.